The summed E-state index contributed by atoms with van der Waals surface area (Å²) in [6.45, 7) is 9.42. The van der Waals surface area contributed by atoms with Gasteiger partial charge in [0.15, 0.2) is 0 Å². The van der Waals surface area contributed by atoms with Crippen LogP contribution in [0.5, 0.6) is 0 Å². The van der Waals surface area contributed by atoms with E-state index in [1.54, 1.807) is 58.9 Å². The van der Waals surface area contributed by atoms with Gasteiger partial charge in [-0.1, -0.05) is 18.2 Å². The highest BCUT2D eigenvalue weighted by Crippen LogP contribution is 2.50. The molecule has 0 heterocycles. The van der Waals surface area contributed by atoms with E-state index in [-0.39, 0.29) is 13.2 Å². The molecule has 1 aromatic carbocycles. The number of para-hydroxylation sites is 1. The predicted octanol–water partition coefficient (Wildman–Crippen LogP) is 5.27. The Morgan fingerprint density at radius 1 is 1.17 bits per heavy atom. The number of anilines is 1. The SMILES string of the molecule is CCOP(=O)(/C=C/c1ccccc1NC(=O)OC(C)(C)C)OCC. The molecule has 1 rings (SSSR count). The van der Waals surface area contributed by atoms with E-state index in [0.29, 0.717) is 11.3 Å². The largest absolute Gasteiger partial charge is 0.444 e. The molecule has 0 unspecified atom stereocenters. The summed E-state index contributed by atoms with van der Waals surface area (Å²) in [6.07, 6.45) is 1.06. The Labute approximate surface area is 143 Å². The van der Waals surface area contributed by atoms with Gasteiger partial charge in [0.25, 0.3) is 0 Å². The molecule has 6 nitrogen and oxygen atoms in total. The number of hydrogen-bond acceptors (Lipinski definition) is 5. The van der Waals surface area contributed by atoms with Crippen LogP contribution in [0.3, 0.4) is 0 Å². The molecule has 0 aromatic heterocycles. The van der Waals surface area contributed by atoms with Crippen LogP contribution in [0.2, 0.25) is 0 Å². The highest BCUT2D eigenvalue weighted by Gasteiger charge is 2.20. The summed E-state index contributed by atoms with van der Waals surface area (Å²) in [6, 6.07) is 7.11. The van der Waals surface area contributed by atoms with Gasteiger partial charge in [-0.15, -0.1) is 0 Å². The summed E-state index contributed by atoms with van der Waals surface area (Å²) in [5, 5.41) is 2.68. The first-order chi connectivity index (χ1) is 11.2. The van der Waals surface area contributed by atoms with Crippen LogP contribution >= 0.6 is 7.60 Å². The number of ether oxygens (including phenoxy) is 1. The van der Waals surface area contributed by atoms with Crippen LogP contribution in [-0.2, 0) is 18.3 Å². The second-order valence-corrected chi connectivity index (χ2v) is 7.80. The van der Waals surface area contributed by atoms with Crippen molar-refractivity contribution >= 4 is 25.5 Å². The van der Waals surface area contributed by atoms with Crippen molar-refractivity contribution < 1.29 is 23.1 Å². The van der Waals surface area contributed by atoms with Crippen LogP contribution in [0.15, 0.2) is 30.1 Å². The molecule has 1 aromatic rings. The third-order valence-corrected chi connectivity index (χ3v) is 4.40. The van der Waals surface area contributed by atoms with Crippen molar-refractivity contribution in [2.24, 2.45) is 0 Å². The Hall–Kier alpha value is -1.62. The number of benzene rings is 1. The molecule has 24 heavy (non-hydrogen) atoms. The minimum atomic E-state index is -3.30. The van der Waals surface area contributed by atoms with E-state index < -0.39 is 19.3 Å². The second-order valence-electron chi connectivity index (χ2n) is 5.91. The molecule has 7 heteroatoms. The van der Waals surface area contributed by atoms with Gasteiger partial charge in [0.2, 0.25) is 0 Å². The highest BCUT2D eigenvalue weighted by molar-refractivity contribution is 7.57. The first kappa shape index (κ1) is 20.4. The van der Waals surface area contributed by atoms with Crippen LogP contribution in [0, 0.1) is 0 Å². The predicted molar refractivity (Wildman–Crippen MR) is 96.2 cm³/mol. The molecule has 0 bridgehead atoms. The van der Waals surface area contributed by atoms with E-state index in [9.17, 15) is 9.36 Å². The summed E-state index contributed by atoms with van der Waals surface area (Å²) in [5.41, 5.74) is 0.625. The summed E-state index contributed by atoms with van der Waals surface area (Å²) < 4.78 is 28.1. The van der Waals surface area contributed by atoms with Crippen LogP contribution in [-0.4, -0.2) is 24.9 Å². The van der Waals surface area contributed by atoms with E-state index in [1.165, 1.54) is 5.82 Å². The zero-order chi connectivity index (χ0) is 18.2. The topological polar surface area (TPSA) is 73.9 Å². The maximum atomic E-state index is 12.5. The highest BCUT2D eigenvalue weighted by atomic mass is 31.2. The van der Waals surface area contributed by atoms with Crippen molar-refractivity contribution in [2.45, 2.75) is 40.2 Å². The zero-order valence-electron chi connectivity index (χ0n) is 14.9. The molecular weight excluding hydrogens is 329 g/mol. The van der Waals surface area contributed by atoms with Gasteiger partial charge in [0.1, 0.15) is 5.60 Å². The minimum Gasteiger partial charge on any atom is -0.444 e. The molecule has 0 fully saturated rings. The molecule has 0 aliphatic carbocycles. The van der Waals surface area contributed by atoms with Gasteiger partial charge in [0, 0.05) is 5.82 Å². The first-order valence-electron chi connectivity index (χ1n) is 7.86. The Balaban J connectivity index is 2.95. The molecular formula is C17H26NO5P. The lowest BCUT2D eigenvalue weighted by molar-refractivity contribution is 0.0636. The average Bonchev–Trinajstić information content (AvgIpc) is 2.45. The molecule has 134 valence electrons. The number of carbonyl (C=O) groups is 1. The van der Waals surface area contributed by atoms with Crippen molar-refractivity contribution in [3.05, 3.63) is 35.6 Å². The van der Waals surface area contributed by atoms with Crippen molar-refractivity contribution in [2.75, 3.05) is 18.5 Å². The van der Waals surface area contributed by atoms with E-state index >= 15 is 0 Å². The summed E-state index contributed by atoms with van der Waals surface area (Å²) >= 11 is 0. The maximum Gasteiger partial charge on any atom is 0.412 e. The second kappa shape index (κ2) is 9.02. The number of rotatable bonds is 7. The Morgan fingerprint density at radius 2 is 1.75 bits per heavy atom. The van der Waals surface area contributed by atoms with Gasteiger partial charge in [-0.3, -0.25) is 9.88 Å². The lowest BCUT2D eigenvalue weighted by atomic mass is 10.2. The van der Waals surface area contributed by atoms with Gasteiger partial charge in [-0.25, -0.2) is 4.79 Å². The number of nitrogens with one attached hydrogen (secondary N) is 1. The Bertz CT molecular complexity index is 612. The first-order valence-corrected chi connectivity index (χ1v) is 9.47. The molecule has 0 radical (unpaired) electrons. The normalized spacial score (nSPS) is 12.4. The lowest BCUT2D eigenvalue weighted by Crippen LogP contribution is -2.27. The molecule has 0 saturated heterocycles. The van der Waals surface area contributed by atoms with Crippen molar-refractivity contribution in [1.29, 1.82) is 0 Å². The zero-order valence-corrected chi connectivity index (χ0v) is 15.8. The van der Waals surface area contributed by atoms with Crippen LogP contribution in [0.4, 0.5) is 10.5 Å². The number of amides is 1. The molecule has 0 spiro atoms. The third-order valence-electron chi connectivity index (χ3n) is 2.65. The fraction of sp³-hybridized carbons (Fsp3) is 0.471. The summed E-state index contributed by atoms with van der Waals surface area (Å²) in [4.78, 5) is 11.9. The quantitative estimate of drug-likeness (QED) is 0.674. The maximum absolute atomic E-state index is 12.5. The van der Waals surface area contributed by atoms with Crippen LogP contribution in [0.1, 0.15) is 40.2 Å². The van der Waals surface area contributed by atoms with Gasteiger partial charge in [-0.05, 0) is 52.3 Å². The van der Waals surface area contributed by atoms with Crippen LogP contribution in [0.25, 0.3) is 6.08 Å². The van der Waals surface area contributed by atoms with Gasteiger partial charge < -0.3 is 13.8 Å². The monoisotopic (exact) mass is 355 g/mol. The van der Waals surface area contributed by atoms with E-state index in [1.807, 2.05) is 6.07 Å². The molecule has 0 aliphatic rings. The minimum absolute atomic E-state index is 0.277. The molecule has 1 amide bonds. The smallest absolute Gasteiger partial charge is 0.412 e. The van der Waals surface area contributed by atoms with Crippen molar-refractivity contribution in [3.8, 4) is 0 Å². The van der Waals surface area contributed by atoms with Gasteiger partial charge >= 0.3 is 13.7 Å². The van der Waals surface area contributed by atoms with Gasteiger partial charge in [-0.2, -0.15) is 0 Å². The number of hydrogen-bond donors (Lipinski definition) is 1. The molecule has 1 N–H and O–H groups in total. The fourth-order valence-corrected chi connectivity index (χ4v) is 3.13. The standard InChI is InChI=1S/C17H26NO5P/c1-6-21-24(20,22-7-2)13-12-14-10-8-9-11-15(14)18-16(19)23-17(3,4)5/h8-13H,6-7H2,1-5H3,(H,18,19)/b13-12+. The summed E-state index contributed by atoms with van der Waals surface area (Å²) in [7, 11) is -3.30. The Morgan fingerprint density at radius 3 is 2.29 bits per heavy atom. The average molecular weight is 355 g/mol. The van der Waals surface area contributed by atoms with E-state index in [0.717, 1.165) is 0 Å². The van der Waals surface area contributed by atoms with Crippen LogP contribution < -0.4 is 5.32 Å². The summed E-state index contributed by atoms with van der Waals surface area (Å²) in [5.74, 6) is 1.40. The third kappa shape index (κ3) is 7.30. The van der Waals surface area contributed by atoms with E-state index in [2.05, 4.69) is 5.32 Å². The molecule has 0 aliphatic heterocycles. The van der Waals surface area contributed by atoms with Crippen molar-refractivity contribution in [3.63, 3.8) is 0 Å². The lowest BCUT2D eigenvalue weighted by Gasteiger charge is -2.20. The van der Waals surface area contributed by atoms with Crippen molar-refractivity contribution in [1.82, 2.24) is 0 Å². The molecule has 0 saturated carbocycles. The number of carbonyl (C=O) groups excluding carboxylic acids is 1. The molecule has 0 atom stereocenters. The van der Waals surface area contributed by atoms with Gasteiger partial charge in [0.05, 0.1) is 18.9 Å². The van der Waals surface area contributed by atoms with E-state index in [4.69, 9.17) is 13.8 Å². The Kier molecular flexibility index (Phi) is 7.67. The fourth-order valence-electron chi connectivity index (χ4n) is 1.82.